The summed E-state index contributed by atoms with van der Waals surface area (Å²) in [6.07, 6.45) is 1.14. The van der Waals surface area contributed by atoms with Crippen molar-refractivity contribution in [1.29, 1.82) is 0 Å². The monoisotopic (exact) mass is 430 g/mol. The first-order chi connectivity index (χ1) is 15.1. The van der Waals surface area contributed by atoms with Gasteiger partial charge in [-0.2, -0.15) is 0 Å². The molecule has 168 valence electrons. The zero-order valence-electron chi connectivity index (χ0n) is 18.2. The second-order valence-electron chi connectivity index (χ2n) is 7.82. The largest absolute Gasteiger partial charge is 0.470 e. The van der Waals surface area contributed by atoms with Crippen LogP contribution in [0.15, 0.2) is 33.5 Å². The summed E-state index contributed by atoms with van der Waals surface area (Å²) in [6.45, 7) is 8.27. The van der Waals surface area contributed by atoms with Crippen LogP contribution in [0, 0.1) is 5.92 Å². The van der Waals surface area contributed by atoms with Gasteiger partial charge in [-0.1, -0.05) is 13.0 Å². The number of likely N-dealkylation sites (tertiary alicyclic amines) is 1. The molecule has 0 N–H and O–H groups in total. The van der Waals surface area contributed by atoms with Gasteiger partial charge < -0.3 is 23.5 Å². The molecule has 2 aromatic rings. The highest BCUT2D eigenvalue weighted by Gasteiger charge is 2.38. The molecule has 0 spiro atoms. The quantitative estimate of drug-likeness (QED) is 0.647. The number of nitrogens with zero attached hydrogens (tertiary/aromatic N) is 2. The van der Waals surface area contributed by atoms with Crippen LogP contribution in [-0.2, 0) is 14.3 Å². The molecule has 4 rings (SSSR count). The number of carbonyl (C=O) groups is 1. The number of esters is 1. The maximum absolute atomic E-state index is 12.8. The summed E-state index contributed by atoms with van der Waals surface area (Å²) in [7, 11) is 0. The lowest BCUT2D eigenvalue weighted by atomic mass is 9.95. The van der Waals surface area contributed by atoms with Crippen LogP contribution in [-0.4, -0.2) is 63.1 Å². The molecular weight excluding hydrogens is 400 g/mol. The molecule has 2 aliphatic rings. The molecule has 0 saturated carbocycles. The lowest BCUT2D eigenvalue weighted by Gasteiger charge is -2.39. The molecule has 1 aromatic carbocycles. The molecule has 2 atom stereocenters. The molecule has 2 aliphatic heterocycles. The summed E-state index contributed by atoms with van der Waals surface area (Å²) < 4.78 is 23.3. The van der Waals surface area contributed by atoms with Crippen molar-refractivity contribution in [3.05, 3.63) is 34.5 Å². The van der Waals surface area contributed by atoms with Gasteiger partial charge in [-0.3, -0.25) is 14.5 Å². The van der Waals surface area contributed by atoms with E-state index < -0.39 is 12.1 Å². The van der Waals surface area contributed by atoms with Crippen molar-refractivity contribution in [1.82, 2.24) is 4.90 Å². The zero-order chi connectivity index (χ0) is 21.8. The van der Waals surface area contributed by atoms with E-state index >= 15 is 0 Å². The predicted molar refractivity (Wildman–Crippen MR) is 117 cm³/mol. The SMILES string of the molecule is CCOC(=O)C1CCCN(CC)C1Oc1cccc2c(=O)cc(N3CCOCC3)oc12. The molecule has 31 heavy (non-hydrogen) atoms. The van der Waals surface area contributed by atoms with Crippen LogP contribution in [0.4, 0.5) is 5.88 Å². The van der Waals surface area contributed by atoms with E-state index in [0.717, 1.165) is 19.5 Å². The lowest BCUT2D eigenvalue weighted by Crippen LogP contribution is -2.51. The third-order valence-electron chi connectivity index (χ3n) is 5.94. The van der Waals surface area contributed by atoms with Gasteiger partial charge in [0, 0.05) is 25.7 Å². The van der Waals surface area contributed by atoms with Crippen molar-refractivity contribution >= 4 is 22.8 Å². The Labute approximate surface area is 181 Å². The Morgan fingerprint density at radius 1 is 1.19 bits per heavy atom. The Morgan fingerprint density at radius 2 is 2.00 bits per heavy atom. The number of carbonyl (C=O) groups excluding carboxylic acids is 1. The highest BCUT2D eigenvalue weighted by atomic mass is 16.5. The minimum absolute atomic E-state index is 0.119. The van der Waals surface area contributed by atoms with Crippen LogP contribution in [0.3, 0.4) is 0 Å². The van der Waals surface area contributed by atoms with E-state index in [2.05, 4.69) is 4.90 Å². The highest BCUT2D eigenvalue weighted by Crippen LogP contribution is 2.33. The van der Waals surface area contributed by atoms with E-state index in [4.69, 9.17) is 18.6 Å². The second-order valence-corrected chi connectivity index (χ2v) is 7.82. The van der Waals surface area contributed by atoms with Crippen molar-refractivity contribution in [3.63, 3.8) is 0 Å². The van der Waals surface area contributed by atoms with Crippen LogP contribution in [0.1, 0.15) is 26.7 Å². The lowest BCUT2D eigenvalue weighted by molar-refractivity contribution is -0.159. The molecule has 8 heteroatoms. The van der Waals surface area contributed by atoms with E-state index in [-0.39, 0.29) is 11.4 Å². The van der Waals surface area contributed by atoms with Crippen molar-refractivity contribution in [2.24, 2.45) is 5.92 Å². The number of hydrogen-bond acceptors (Lipinski definition) is 8. The molecule has 0 radical (unpaired) electrons. The Bertz CT molecular complexity index is 968. The van der Waals surface area contributed by atoms with Gasteiger partial charge in [0.2, 0.25) is 0 Å². The smallest absolute Gasteiger partial charge is 0.314 e. The second kappa shape index (κ2) is 9.70. The first kappa shape index (κ1) is 21.6. The van der Waals surface area contributed by atoms with Crippen molar-refractivity contribution in [2.45, 2.75) is 32.9 Å². The number of ether oxygens (including phenoxy) is 3. The van der Waals surface area contributed by atoms with Crippen LogP contribution < -0.4 is 15.1 Å². The fourth-order valence-electron chi connectivity index (χ4n) is 4.32. The molecular formula is C23H30N2O6. The average Bonchev–Trinajstić information content (AvgIpc) is 2.80. The molecule has 2 saturated heterocycles. The fraction of sp³-hybridized carbons (Fsp3) is 0.565. The summed E-state index contributed by atoms with van der Waals surface area (Å²) in [4.78, 5) is 29.6. The van der Waals surface area contributed by atoms with E-state index in [9.17, 15) is 9.59 Å². The Balaban J connectivity index is 1.71. The molecule has 8 nitrogen and oxygen atoms in total. The number of piperidine rings is 1. The number of fused-ring (bicyclic) bond motifs is 1. The van der Waals surface area contributed by atoms with Crippen molar-refractivity contribution in [2.75, 3.05) is 50.9 Å². The Morgan fingerprint density at radius 3 is 2.74 bits per heavy atom. The van der Waals surface area contributed by atoms with Crippen molar-refractivity contribution < 1.29 is 23.4 Å². The normalized spacial score (nSPS) is 22.5. The summed E-state index contributed by atoms with van der Waals surface area (Å²) >= 11 is 0. The number of benzene rings is 1. The summed E-state index contributed by atoms with van der Waals surface area (Å²) in [5.74, 6) is 0.332. The summed E-state index contributed by atoms with van der Waals surface area (Å²) in [5, 5.41) is 0.459. The van der Waals surface area contributed by atoms with Gasteiger partial charge in [-0.15, -0.1) is 0 Å². The predicted octanol–water partition coefficient (Wildman–Crippen LogP) is 2.63. The Kier molecular flexibility index (Phi) is 6.77. The van der Waals surface area contributed by atoms with Gasteiger partial charge in [0.15, 0.2) is 28.9 Å². The maximum atomic E-state index is 12.8. The molecule has 2 unspecified atom stereocenters. The van der Waals surface area contributed by atoms with E-state index in [1.165, 1.54) is 6.07 Å². The van der Waals surface area contributed by atoms with Gasteiger partial charge >= 0.3 is 5.97 Å². The van der Waals surface area contributed by atoms with Gasteiger partial charge in [0.1, 0.15) is 5.92 Å². The number of para-hydroxylation sites is 1. The van der Waals surface area contributed by atoms with Crippen molar-refractivity contribution in [3.8, 4) is 5.75 Å². The highest BCUT2D eigenvalue weighted by molar-refractivity contribution is 5.83. The molecule has 2 fully saturated rings. The first-order valence-corrected chi connectivity index (χ1v) is 11.1. The standard InChI is InChI=1S/C23H30N2O6/c1-3-24-10-6-8-17(23(27)29-4-2)22(24)30-19-9-5-7-16-18(26)15-20(31-21(16)19)25-11-13-28-14-12-25/h5,7,9,15,17,22H,3-4,6,8,10-14H2,1-2H3. The van der Waals surface area contributed by atoms with Gasteiger partial charge in [-0.05, 0) is 38.4 Å². The first-order valence-electron chi connectivity index (χ1n) is 11.1. The topological polar surface area (TPSA) is 81.5 Å². The van der Waals surface area contributed by atoms with Gasteiger partial charge in [-0.25, -0.2) is 0 Å². The third-order valence-corrected chi connectivity index (χ3v) is 5.94. The minimum Gasteiger partial charge on any atom is -0.470 e. The summed E-state index contributed by atoms with van der Waals surface area (Å²) in [6, 6.07) is 6.83. The Hall–Kier alpha value is -2.58. The minimum atomic E-state index is -0.472. The zero-order valence-corrected chi connectivity index (χ0v) is 18.2. The average molecular weight is 431 g/mol. The van der Waals surface area contributed by atoms with Crippen LogP contribution in [0.25, 0.3) is 11.0 Å². The molecule has 0 aliphatic carbocycles. The van der Waals surface area contributed by atoms with Crippen LogP contribution in [0.5, 0.6) is 5.75 Å². The third kappa shape index (κ3) is 4.55. The molecule has 0 amide bonds. The number of hydrogen-bond donors (Lipinski definition) is 0. The number of anilines is 1. The maximum Gasteiger partial charge on any atom is 0.314 e. The van der Waals surface area contributed by atoms with Gasteiger partial charge in [0.05, 0.1) is 25.2 Å². The molecule has 1 aromatic heterocycles. The fourth-order valence-corrected chi connectivity index (χ4v) is 4.32. The van der Waals surface area contributed by atoms with Crippen LogP contribution >= 0.6 is 0 Å². The molecule has 0 bridgehead atoms. The summed E-state index contributed by atoms with van der Waals surface area (Å²) in [5.41, 5.74) is 0.284. The molecule has 3 heterocycles. The van der Waals surface area contributed by atoms with E-state index in [1.54, 1.807) is 25.1 Å². The van der Waals surface area contributed by atoms with Crippen LogP contribution in [0.2, 0.25) is 0 Å². The van der Waals surface area contributed by atoms with E-state index in [0.29, 0.717) is 61.9 Å². The number of rotatable bonds is 6. The number of morpholine rings is 1. The van der Waals surface area contributed by atoms with Gasteiger partial charge in [0.25, 0.3) is 0 Å². The van der Waals surface area contributed by atoms with E-state index in [1.807, 2.05) is 11.8 Å².